The minimum Gasteiger partial charge on any atom is -0.450 e. The van der Waals surface area contributed by atoms with Crippen LogP contribution in [-0.4, -0.2) is 28.5 Å². The molecule has 1 N–H and O–H groups in total. The van der Waals surface area contributed by atoms with Crippen LogP contribution in [0.4, 0.5) is 19.3 Å². The van der Waals surface area contributed by atoms with Crippen molar-refractivity contribution in [2.24, 2.45) is 0 Å². The van der Waals surface area contributed by atoms with Crippen LogP contribution in [0.15, 0.2) is 73.9 Å². The summed E-state index contributed by atoms with van der Waals surface area (Å²) in [5, 5.41) is 2.20. The Hall–Kier alpha value is -3.37. The normalized spacial score (nSPS) is 14.9. The number of hydrogen-bond donors (Lipinski definition) is 1. The Morgan fingerprint density at radius 3 is 2.61 bits per heavy atom. The molecule has 1 aliphatic rings. The van der Waals surface area contributed by atoms with E-state index in [0.29, 0.717) is 28.7 Å². The monoisotopic (exact) mass is 486 g/mol. The average molecular weight is 487 g/mol. The summed E-state index contributed by atoms with van der Waals surface area (Å²) in [4.78, 5) is 38.9. The first-order valence-corrected chi connectivity index (χ1v) is 11.3. The lowest BCUT2D eigenvalue weighted by Gasteiger charge is -2.12. The van der Waals surface area contributed by atoms with Gasteiger partial charge in [0, 0.05) is 17.0 Å². The summed E-state index contributed by atoms with van der Waals surface area (Å²) < 4.78 is 32.4. The van der Waals surface area contributed by atoms with Gasteiger partial charge in [0.25, 0.3) is 11.1 Å². The average Bonchev–Trinajstić information content (AvgIpc) is 3.31. The number of thioether (sulfide) groups is 1. The summed E-state index contributed by atoms with van der Waals surface area (Å²) in [6.45, 7) is 1.39. The molecule has 2 aromatic carbocycles. The first-order chi connectivity index (χ1) is 15.8. The molecule has 0 unspecified atom stereocenters. The second-order valence-electron chi connectivity index (χ2n) is 7.01. The van der Waals surface area contributed by atoms with E-state index in [9.17, 15) is 23.2 Å². The van der Waals surface area contributed by atoms with Crippen molar-refractivity contribution in [1.82, 2.24) is 4.90 Å². The van der Waals surface area contributed by atoms with Crippen molar-refractivity contribution in [3.05, 3.63) is 82.5 Å². The summed E-state index contributed by atoms with van der Waals surface area (Å²) in [7, 11) is 0. The van der Waals surface area contributed by atoms with Gasteiger partial charge in [-0.25, -0.2) is 8.78 Å². The van der Waals surface area contributed by atoms with E-state index in [-0.39, 0.29) is 10.6 Å². The molecule has 0 aliphatic carbocycles. The molecule has 1 aromatic heterocycles. The van der Waals surface area contributed by atoms with Gasteiger partial charge in [-0.05, 0) is 55.1 Å². The van der Waals surface area contributed by atoms with E-state index in [1.165, 1.54) is 17.8 Å². The molecule has 10 heteroatoms. The molecule has 1 saturated heterocycles. The summed E-state index contributed by atoms with van der Waals surface area (Å²) in [6, 6.07) is 14.0. The van der Waals surface area contributed by atoms with Gasteiger partial charge in [0.15, 0.2) is 5.09 Å². The molecule has 0 saturated carbocycles. The predicted molar refractivity (Wildman–Crippen MR) is 122 cm³/mol. The Morgan fingerprint density at radius 2 is 1.88 bits per heavy atom. The molecule has 2 heterocycles. The van der Waals surface area contributed by atoms with E-state index in [4.69, 9.17) is 4.42 Å². The van der Waals surface area contributed by atoms with E-state index >= 15 is 0 Å². The van der Waals surface area contributed by atoms with Gasteiger partial charge in [0.2, 0.25) is 5.91 Å². The van der Waals surface area contributed by atoms with Crippen LogP contribution in [0.5, 0.6) is 0 Å². The molecule has 0 radical (unpaired) electrons. The number of imide groups is 1. The summed E-state index contributed by atoms with van der Waals surface area (Å²) >= 11 is 2.09. The molecule has 168 valence electrons. The van der Waals surface area contributed by atoms with Crippen LogP contribution in [0.3, 0.4) is 0 Å². The largest absolute Gasteiger partial charge is 0.450 e. The fourth-order valence-corrected chi connectivity index (χ4v) is 4.48. The van der Waals surface area contributed by atoms with Crippen molar-refractivity contribution in [3.8, 4) is 0 Å². The number of carbonyl (C=O) groups is 3. The third kappa shape index (κ3) is 5.52. The SMILES string of the molecule is Cc1ccc(Sc2ccc(/C=C3\SC(=O)N(CC(=O)Nc4ccc(F)cc4F)C3=O)o2)cc1. The van der Waals surface area contributed by atoms with Crippen LogP contribution in [-0.2, 0) is 9.59 Å². The molecule has 4 rings (SSSR count). The molecular formula is C23H16F2N2O4S2. The zero-order chi connectivity index (χ0) is 23.5. The number of furan rings is 1. The molecule has 0 spiro atoms. The first kappa shape index (κ1) is 22.8. The molecule has 1 fully saturated rings. The highest BCUT2D eigenvalue weighted by Gasteiger charge is 2.36. The van der Waals surface area contributed by atoms with Crippen molar-refractivity contribution < 1.29 is 27.6 Å². The number of aryl methyl sites for hydroxylation is 1. The quantitative estimate of drug-likeness (QED) is 0.451. The molecule has 0 atom stereocenters. The Bertz CT molecular complexity index is 1270. The molecular weight excluding hydrogens is 470 g/mol. The number of rotatable bonds is 6. The third-order valence-electron chi connectivity index (χ3n) is 4.50. The number of carbonyl (C=O) groups excluding carboxylic acids is 3. The van der Waals surface area contributed by atoms with Crippen LogP contribution in [0.1, 0.15) is 11.3 Å². The minimum absolute atomic E-state index is 0.0991. The van der Waals surface area contributed by atoms with Gasteiger partial charge in [-0.2, -0.15) is 0 Å². The van der Waals surface area contributed by atoms with E-state index in [1.54, 1.807) is 12.1 Å². The van der Waals surface area contributed by atoms with Gasteiger partial charge < -0.3 is 9.73 Å². The number of benzene rings is 2. The van der Waals surface area contributed by atoms with Crippen molar-refractivity contribution in [2.45, 2.75) is 16.9 Å². The Kier molecular flexibility index (Phi) is 6.66. The van der Waals surface area contributed by atoms with Gasteiger partial charge in [-0.15, -0.1) is 0 Å². The first-order valence-electron chi connectivity index (χ1n) is 9.63. The number of halogens is 2. The minimum atomic E-state index is -0.963. The van der Waals surface area contributed by atoms with Gasteiger partial charge in [0.1, 0.15) is 23.9 Å². The Labute approximate surface area is 196 Å². The standard InChI is InChI=1S/C23H16F2N2O4S2/c1-13-2-6-16(7-3-13)32-21-9-5-15(31-21)11-19-22(29)27(23(30)33-19)12-20(28)26-18-8-4-14(24)10-17(18)25/h2-11H,12H2,1H3,(H,26,28)/b19-11-. The lowest BCUT2D eigenvalue weighted by atomic mass is 10.2. The van der Waals surface area contributed by atoms with E-state index in [1.807, 2.05) is 31.2 Å². The predicted octanol–water partition coefficient (Wildman–Crippen LogP) is 5.69. The second-order valence-corrected chi connectivity index (χ2v) is 9.08. The van der Waals surface area contributed by atoms with Crippen molar-refractivity contribution in [3.63, 3.8) is 0 Å². The molecule has 33 heavy (non-hydrogen) atoms. The van der Waals surface area contributed by atoms with E-state index in [2.05, 4.69) is 5.32 Å². The number of nitrogens with zero attached hydrogens (tertiary/aromatic N) is 1. The van der Waals surface area contributed by atoms with Crippen LogP contribution < -0.4 is 5.32 Å². The van der Waals surface area contributed by atoms with Crippen molar-refractivity contribution >= 4 is 52.3 Å². The van der Waals surface area contributed by atoms with Crippen molar-refractivity contribution in [1.29, 1.82) is 0 Å². The lowest BCUT2D eigenvalue weighted by molar-refractivity contribution is -0.127. The topological polar surface area (TPSA) is 79.6 Å². The molecule has 3 aromatic rings. The summed E-state index contributed by atoms with van der Waals surface area (Å²) in [6.07, 6.45) is 1.43. The van der Waals surface area contributed by atoms with Crippen LogP contribution in [0.25, 0.3) is 6.08 Å². The molecule has 0 bridgehead atoms. The molecule has 6 nitrogen and oxygen atoms in total. The number of anilines is 1. The second kappa shape index (κ2) is 9.63. The highest BCUT2D eigenvalue weighted by Crippen LogP contribution is 2.34. The van der Waals surface area contributed by atoms with E-state index < -0.39 is 35.2 Å². The highest BCUT2D eigenvalue weighted by atomic mass is 32.2. The lowest BCUT2D eigenvalue weighted by Crippen LogP contribution is -2.36. The van der Waals surface area contributed by atoms with Crippen LogP contribution in [0, 0.1) is 18.6 Å². The Balaban J connectivity index is 1.40. The molecule has 3 amide bonds. The fourth-order valence-electron chi connectivity index (χ4n) is 2.88. The smallest absolute Gasteiger partial charge is 0.294 e. The van der Waals surface area contributed by atoms with Gasteiger partial charge in [0.05, 0.1) is 10.6 Å². The summed E-state index contributed by atoms with van der Waals surface area (Å²) in [5.41, 5.74) is 0.893. The van der Waals surface area contributed by atoms with Crippen LogP contribution >= 0.6 is 23.5 Å². The maximum absolute atomic E-state index is 13.7. The number of nitrogens with one attached hydrogen (secondary N) is 1. The van der Waals surface area contributed by atoms with Gasteiger partial charge in [-0.3, -0.25) is 19.3 Å². The number of amides is 3. The zero-order valence-electron chi connectivity index (χ0n) is 17.1. The van der Waals surface area contributed by atoms with Gasteiger partial charge >= 0.3 is 0 Å². The highest BCUT2D eigenvalue weighted by molar-refractivity contribution is 8.18. The van der Waals surface area contributed by atoms with Crippen molar-refractivity contribution in [2.75, 3.05) is 11.9 Å². The third-order valence-corrected chi connectivity index (χ3v) is 6.33. The maximum atomic E-state index is 13.7. The van der Waals surface area contributed by atoms with Crippen LogP contribution in [0.2, 0.25) is 0 Å². The number of hydrogen-bond acceptors (Lipinski definition) is 6. The fraction of sp³-hybridized carbons (Fsp3) is 0.0870. The maximum Gasteiger partial charge on any atom is 0.294 e. The Morgan fingerprint density at radius 1 is 1.12 bits per heavy atom. The summed E-state index contributed by atoms with van der Waals surface area (Å²) in [5.74, 6) is -2.83. The molecule has 1 aliphatic heterocycles. The van der Waals surface area contributed by atoms with Gasteiger partial charge in [-0.1, -0.05) is 29.5 Å². The zero-order valence-corrected chi connectivity index (χ0v) is 18.8. The van der Waals surface area contributed by atoms with E-state index in [0.717, 1.165) is 27.5 Å².